The average molecular weight is 488 g/mol. The molecule has 10 heteroatoms. The van der Waals surface area contributed by atoms with E-state index in [4.69, 9.17) is 16.3 Å². The van der Waals surface area contributed by atoms with E-state index in [0.29, 0.717) is 68.9 Å². The van der Waals surface area contributed by atoms with E-state index in [9.17, 15) is 9.59 Å². The normalized spacial score (nSPS) is 17.1. The lowest BCUT2D eigenvalue weighted by atomic mass is 10.2. The first-order chi connectivity index (χ1) is 16.0. The quantitative estimate of drug-likeness (QED) is 0.568. The molecule has 0 spiro atoms. The summed E-state index contributed by atoms with van der Waals surface area (Å²) in [6, 6.07) is 9.72. The van der Waals surface area contributed by atoms with Crippen molar-refractivity contribution in [1.29, 1.82) is 0 Å². The molecule has 1 aromatic carbocycles. The standard InChI is InChI=1S/C23H26ClN5O3S/c1-16-18-14-20(33-22(18)29(25-16)15-17-4-2-3-5-19(17)24)21(30)26-6-8-27(9-7-26)23(31)28-10-12-32-13-11-28/h2-5,14H,6-13,15H2,1H3. The number of fused-ring (bicyclic) bond motifs is 1. The zero-order valence-corrected chi connectivity index (χ0v) is 20.1. The van der Waals surface area contributed by atoms with Crippen molar-refractivity contribution in [3.8, 4) is 0 Å². The highest BCUT2D eigenvalue weighted by molar-refractivity contribution is 7.20. The molecule has 3 amide bonds. The first-order valence-corrected chi connectivity index (χ1v) is 12.3. The van der Waals surface area contributed by atoms with E-state index in [1.54, 1.807) is 0 Å². The number of rotatable bonds is 3. The number of nitrogens with zero attached hydrogens (tertiary/aromatic N) is 5. The second kappa shape index (κ2) is 9.32. The fourth-order valence-corrected chi connectivity index (χ4v) is 5.65. The van der Waals surface area contributed by atoms with Crippen LogP contribution in [0.2, 0.25) is 5.02 Å². The van der Waals surface area contributed by atoms with Gasteiger partial charge in [-0.1, -0.05) is 29.8 Å². The Balaban J connectivity index is 1.27. The molecule has 0 N–H and O–H groups in total. The van der Waals surface area contributed by atoms with Gasteiger partial charge in [-0.3, -0.25) is 9.48 Å². The van der Waals surface area contributed by atoms with Gasteiger partial charge in [-0.2, -0.15) is 5.10 Å². The zero-order chi connectivity index (χ0) is 22.9. The number of hydrogen-bond acceptors (Lipinski definition) is 5. The van der Waals surface area contributed by atoms with E-state index >= 15 is 0 Å². The Bertz CT molecular complexity index is 1180. The number of piperazine rings is 1. The van der Waals surface area contributed by atoms with Crippen molar-refractivity contribution in [2.24, 2.45) is 0 Å². The molecule has 2 aliphatic heterocycles. The lowest BCUT2D eigenvalue weighted by Crippen LogP contribution is -2.55. The summed E-state index contributed by atoms with van der Waals surface area (Å²) in [4.78, 5) is 33.1. The summed E-state index contributed by atoms with van der Waals surface area (Å²) in [5, 5.41) is 6.36. The summed E-state index contributed by atoms with van der Waals surface area (Å²) in [5.41, 5.74) is 1.89. The third kappa shape index (κ3) is 4.45. The number of carbonyl (C=O) groups is 2. The van der Waals surface area contributed by atoms with Crippen molar-refractivity contribution in [2.45, 2.75) is 13.5 Å². The molecule has 0 atom stereocenters. The van der Waals surface area contributed by atoms with Crippen LogP contribution >= 0.6 is 22.9 Å². The first kappa shape index (κ1) is 22.2. The molecule has 2 aromatic heterocycles. The molecular formula is C23H26ClN5O3S. The van der Waals surface area contributed by atoms with Crippen molar-refractivity contribution >= 4 is 45.1 Å². The number of thiophene rings is 1. The number of halogens is 1. The van der Waals surface area contributed by atoms with Crippen LogP contribution in [0.25, 0.3) is 10.2 Å². The van der Waals surface area contributed by atoms with Crippen LogP contribution in [0.3, 0.4) is 0 Å². The molecule has 8 nitrogen and oxygen atoms in total. The average Bonchev–Trinajstić information content (AvgIpc) is 3.41. The number of carbonyl (C=O) groups excluding carboxylic acids is 2. The Hall–Kier alpha value is -2.62. The number of morpholine rings is 1. The number of aryl methyl sites for hydroxylation is 1. The number of hydrogen-bond donors (Lipinski definition) is 0. The van der Waals surface area contributed by atoms with Crippen molar-refractivity contribution < 1.29 is 14.3 Å². The molecule has 174 valence electrons. The van der Waals surface area contributed by atoms with Gasteiger partial charge in [0, 0.05) is 49.7 Å². The SMILES string of the molecule is Cc1nn(Cc2ccccc2Cl)c2sc(C(=O)N3CCN(C(=O)N4CCOCC4)CC3)cc12. The molecule has 4 heterocycles. The molecule has 0 unspecified atom stereocenters. The van der Waals surface area contributed by atoms with Gasteiger partial charge in [-0.15, -0.1) is 11.3 Å². The minimum atomic E-state index is 0.0124. The Morgan fingerprint density at radius 3 is 2.42 bits per heavy atom. The highest BCUT2D eigenvalue weighted by atomic mass is 35.5. The Morgan fingerprint density at radius 1 is 1.03 bits per heavy atom. The monoisotopic (exact) mass is 487 g/mol. The molecule has 2 fully saturated rings. The van der Waals surface area contributed by atoms with E-state index in [-0.39, 0.29) is 11.9 Å². The first-order valence-electron chi connectivity index (χ1n) is 11.1. The molecule has 0 radical (unpaired) electrons. The van der Waals surface area contributed by atoms with Gasteiger partial charge in [0.05, 0.1) is 30.3 Å². The molecule has 2 saturated heterocycles. The molecular weight excluding hydrogens is 462 g/mol. The van der Waals surface area contributed by atoms with Crippen LogP contribution in [0.4, 0.5) is 4.79 Å². The van der Waals surface area contributed by atoms with Gasteiger partial charge in [-0.25, -0.2) is 4.79 Å². The molecule has 5 rings (SSSR count). The molecule has 0 bridgehead atoms. The summed E-state index contributed by atoms with van der Waals surface area (Å²) < 4.78 is 7.25. The van der Waals surface area contributed by atoms with Gasteiger partial charge in [0.15, 0.2) is 0 Å². The number of urea groups is 1. The van der Waals surface area contributed by atoms with Gasteiger partial charge in [0.25, 0.3) is 5.91 Å². The lowest BCUT2D eigenvalue weighted by molar-refractivity contribution is 0.0363. The highest BCUT2D eigenvalue weighted by Crippen LogP contribution is 2.30. The highest BCUT2D eigenvalue weighted by Gasteiger charge is 2.29. The maximum absolute atomic E-state index is 13.2. The van der Waals surface area contributed by atoms with Crippen LogP contribution in [0.5, 0.6) is 0 Å². The second-order valence-corrected chi connectivity index (χ2v) is 9.76. The summed E-state index contributed by atoms with van der Waals surface area (Å²) >= 11 is 7.80. The van der Waals surface area contributed by atoms with Crippen LogP contribution < -0.4 is 0 Å². The molecule has 0 saturated carbocycles. The Labute approximate surface area is 201 Å². The summed E-state index contributed by atoms with van der Waals surface area (Å²) in [5.74, 6) is 0.0124. The number of benzene rings is 1. The van der Waals surface area contributed by atoms with Crippen LogP contribution in [0.15, 0.2) is 30.3 Å². The predicted octanol–water partition coefficient (Wildman–Crippen LogP) is 3.32. The van der Waals surface area contributed by atoms with E-state index in [2.05, 4.69) is 5.10 Å². The third-order valence-electron chi connectivity index (χ3n) is 6.22. The van der Waals surface area contributed by atoms with Gasteiger partial charge < -0.3 is 19.4 Å². The van der Waals surface area contributed by atoms with Crippen LogP contribution in [-0.4, -0.2) is 88.9 Å². The molecule has 0 aliphatic carbocycles. The van der Waals surface area contributed by atoms with E-state index < -0.39 is 0 Å². The van der Waals surface area contributed by atoms with Crippen LogP contribution in [-0.2, 0) is 11.3 Å². The maximum Gasteiger partial charge on any atom is 0.320 e. The van der Waals surface area contributed by atoms with Crippen molar-refractivity contribution in [3.05, 3.63) is 51.5 Å². The molecule has 2 aliphatic rings. The van der Waals surface area contributed by atoms with E-state index in [0.717, 1.165) is 21.5 Å². The van der Waals surface area contributed by atoms with Gasteiger partial charge in [-0.05, 0) is 24.6 Å². The summed E-state index contributed by atoms with van der Waals surface area (Å²) in [6.45, 7) is 7.12. The van der Waals surface area contributed by atoms with Crippen molar-refractivity contribution in [1.82, 2.24) is 24.5 Å². The Kier molecular flexibility index (Phi) is 6.27. The topological polar surface area (TPSA) is 70.9 Å². The van der Waals surface area contributed by atoms with Gasteiger partial charge in [0.1, 0.15) is 4.83 Å². The minimum absolute atomic E-state index is 0.0124. The fourth-order valence-electron chi connectivity index (χ4n) is 4.32. The largest absolute Gasteiger partial charge is 0.378 e. The van der Waals surface area contributed by atoms with Crippen molar-refractivity contribution in [2.75, 3.05) is 52.5 Å². The van der Waals surface area contributed by atoms with Gasteiger partial charge in [0.2, 0.25) is 0 Å². The van der Waals surface area contributed by atoms with Crippen molar-refractivity contribution in [3.63, 3.8) is 0 Å². The molecule has 33 heavy (non-hydrogen) atoms. The third-order valence-corrected chi connectivity index (χ3v) is 7.72. The van der Waals surface area contributed by atoms with E-state index in [1.807, 2.05) is 56.6 Å². The molecule has 3 aromatic rings. The lowest BCUT2D eigenvalue weighted by Gasteiger charge is -2.38. The van der Waals surface area contributed by atoms with Crippen LogP contribution in [0, 0.1) is 6.92 Å². The Morgan fingerprint density at radius 2 is 1.70 bits per heavy atom. The van der Waals surface area contributed by atoms with Gasteiger partial charge >= 0.3 is 6.03 Å². The fraction of sp³-hybridized carbons (Fsp3) is 0.435. The maximum atomic E-state index is 13.2. The predicted molar refractivity (Wildman–Crippen MR) is 128 cm³/mol. The minimum Gasteiger partial charge on any atom is -0.378 e. The van der Waals surface area contributed by atoms with Crippen LogP contribution in [0.1, 0.15) is 20.9 Å². The smallest absolute Gasteiger partial charge is 0.320 e. The number of ether oxygens (including phenoxy) is 1. The van der Waals surface area contributed by atoms with E-state index in [1.165, 1.54) is 11.3 Å². The number of aromatic nitrogens is 2. The summed E-state index contributed by atoms with van der Waals surface area (Å²) in [6.07, 6.45) is 0. The zero-order valence-electron chi connectivity index (χ0n) is 18.5. The second-order valence-electron chi connectivity index (χ2n) is 8.33. The summed E-state index contributed by atoms with van der Waals surface area (Å²) in [7, 11) is 0. The number of amides is 3.